The molecule has 6 nitrogen and oxygen atoms in total. The number of nitrogens with zero attached hydrogens (tertiary/aromatic N) is 2. The van der Waals surface area contributed by atoms with Gasteiger partial charge in [0.2, 0.25) is 11.8 Å². The average molecular weight is 425 g/mol. The first-order valence-electron chi connectivity index (χ1n) is 10.4. The predicted octanol–water partition coefficient (Wildman–Crippen LogP) is 4.75. The molecule has 0 fully saturated rings. The molecule has 0 aliphatic heterocycles. The van der Waals surface area contributed by atoms with Crippen LogP contribution in [0, 0.1) is 0 Å². The quantitative estimate of drug-likeness (QED) is 0.450. The highest BCUT2D eigenvalue weighted by molar-refractivity contribution is 5.91. The maximum atomic E-state index is 13.0. The maximum absolute atomic E-state index is 13.0. The van der Waals surface area contributed by atoms with Crippen molar-refractivity contribution < 1.29 is 9.59 Å². The van der Waals surface area contributed by atoms with E-state index in [0.29, 0.717) is 5.82 Å². The van der Waals surface area contributed by atoms with Crippen LogP contribution in [0.1, 0.15) is 24.9 Å². The standard InChI is InChI=1S/C26H24N4O2/c1-19(31)27-23(20-11-5-2-6-12-20)18-26(32)28-25-17-24(21-13-7-3-8-14-21)29-30(25)22-15-9-4-10-16-22/h2-17,23H,18H2,1H3,(H,27,31)(H,28,32). The van der Waals surface area contributed by atoms with E-state index < -0.39 is 6.04 Å². The highest BCUT2D eigenvalue weighted by atomic mass is 16.2. The van der Waals surface area contributed by atoms with Crippen LogP contribution in [0.2, 0.25) is 0 Å². The third kappa shape index (κ3) is 5.10. The molecule has 0 saturated heterocycles. The molecule has 3 aromatic carbocycles. The van der Waals surface area contributed by atoms with Crippen molar-refractivity contribution >= 4 is 17.6 Å². The van der Waals surface area contributed by atoms with Crippen LogP contribution >= 0.6 is 0 Å². The second-order valence-corrected chi connectivity index (χ2v) is 7.44. The van der Waals surface area contributed by atoms with Crippen LogP contribution in [0.5, 0.6) is 0 Å². The van der Waals surface area contributed by atoms with Crippen molar-refractivity contribution in [2.24, 2.45) is 0 Å². The van der Waals surface area contributed by atoms with Crippen LogP contribution in [-0.2, 0) is 9.59 Å². The van der Waals surface area contributed by atoms with E-state index in [1.807, 2.05) is 97.1 Å². The van der Waals surface area contributed by atoms with E-state index in [1.54, 1.807) is 4.68 Å². The molecule has 160 valence electrons. The highest BCUT2D eigenvalue weighted by Crippen LogP contribution is 2.25. The molecule has 0 spiro atoms. The van der Waals surface area contributed by atoms with Gasteiger partial charge in [-0.05, 0) is 17.7 Å². The SMILES string of the molecule is CC(=O)NC(CC(=O)Nc1cc(-c2ccccc2)nn1-c1ccccc1)c1ccccc1. The van der Waals surface area contributed by atoms with Crippen LogP contribution in [0.3, 0.4) is 0 Å². The summed E-state index contributed by atoms with van der Waals surface area (Å²) in [6.07, 6.45) is 0.101. The molecule has 1 heterocycles. The van der Waals surface area contributed by atoms with Crippen molar-refractivity contribution in [2.75, 3.05) is 5.32 Å². The van der Waals surface area contributed by atoms with Gasteiger partial charge >= 0.3 is 0 Å². The largest absolute Gasteiger partial charge is 0.349 e. The summed E-state index contributed by atoms with van der Waals surface area (Å²) in [5, 5.41) is 10.6. The smallest absolute Gasteiger partial charge is 0.227 e. The van der Waals surface area contributed by atoms with Crippen LogP contribution in [0.25, 0.3) is 16.9 Å². The molecule has 4 rings (SSSR count). The summed E-state index contributed by atoms with van der Waals surface area (Å²) in [7, 11) is 0. The Morgan fingerprint density at radius 2 is 1.47 bits per heavy atom. The van der Waals surface area contributed by atoms with Gasteiger partial charge in [0.25, 0.3) is 0 Å². The first-order valence-corrected chi connectivity index (χ1v) is 10.4. The Kier molecular flexibility index (Phi) is 6.41. The Labute approximate surface area is 186 Å². The fourth-order valence-electron chi connectivity index (χ4n) is 3.55. The molecule has 1 aromatic heterocycles. The number of carbonyl (C=O) groups excluding carboxylic acids is 2. The Hall–Kier alpha value is -4.19. The molecular weight excluding hydrogens is 400 g/mol. The molecule has 2 N–H and O–H groups in total. The lowest BCUT2D eigenvalue weighted by Crippen LogP contribution is -2.30. The Morgan fingerprint density at radius 1 is 0.875 bits per heavy atom. The fourth-order valence-corrected chi connectivity index (χ4v) is 3.55. The summed E-state index contributed by atoms with van der Waals surface area (Å²) in [6, 6.07) is 30.4. The van der Waals surface area contributed by atoms with Crippen LogP contribution in [0.15, 0.2) is 97.1 Å². The van der Waals surface area contributed by atoms with Gasteiger partial charge in [0.1, 0.15) is 5.82 Å². The van der Waals surface area contributed by atoms with Gasteiger partial charge in [-0.2, -0.15) is 5.10 Å². The van der Waals surface area contributed by atoms with Gasteiger partial charge in [-0.25, -0.2) is 4.68 Å². The monoisotopic (exact) mass is 424 g/mol. The molecule has 0 aliphatic carbocycles. The Morgan fingerprint density at radius 3 is 2.09 bits per heavy atom. The van der Waals surface area contributed by atoms with E-state index in [9.17, 15) is 9.59 Å². The first-order chi connectivity index (χ1) is 15.6. The average Bonchev–Trinajstić information content (AvgIpc) is 3.24. The number of aromatic nitrogens is 2. The molecule has 0 radical (unpaired) electrons. The number of anilines is 1. The van der Waals surface area contributed by atoms with Gasteiger partial charge in [-0.3, -0.25) is 9.59 Å². The number of para-hydroxylation sites is 1. The molecule has 0 aliphatic rings. The topological polar surface area (TPSA) is 76.0 Å². The lowest BCUT2D eigenvalue weighted by atomic mass is 10.0. The number of hydrogen-bond donors (Lipinski definition) is 2. The number of hydrogen-bond acceptors (Lipinski definition) is 3. The van der Waals surface area contributed by atoms with Gasteiger partial charge in [-0.15, -0.1) is 0 Å². The maximum Gasteiger partial charge on any atom is 0.227 e. The summed E-state index contributed by atoms with van der Waals surface area (Å²) in [6.45, 7) is 1.45. The summed E-state index contributed by atoms with van der Waals surface area (Å²) >= 11 is 0. The minimum Gasteiger partial charge on any atom is -0.349 e. The van der Waals surface area contributed by atoms with Crippen molar-refractivity contribution in [3.63, 3.8) is 0 Å². The number of amides is 2. The lowest BCUT2D eigenvalue weighted by Gasteiger charge is -2.18. The molecule has 2 amide bonds. The summed E-state index contributed by atoms with van der Waals surface area (Å²) in [4.78, 5) is 24.7. The van der Waals surface area contributed by atoms with E-state index >= 15 is 0 Å². The molecule has 32 heavy (non-hydrogen) atoms. The molecule has 0 bridgehead atoms. The third-order valence-corrected chi connectivity index (χ3v) is 5.02. The molecular formula is C26H24N4O2. The molecule has 0 saturated carbocycles. The third-order valence-electron chi connectivity index (χ3n) is 5.02. The normalized spacial score (nSPS) is 11.5. The fraction of sp³-hybridized carbons (Fsp3) is 0.115. The van der Waals surface area contributed by atoms with E-state index in [0.717, 1.165) is 22.5 Å². The van der Waals surface area contributed by atoms with Crippen molar-refractivity contribution in [3.05, 3.63) is 103 Å². The Bertz CT molecular complexity index is 1190. The minimum absolute atomic E-state index is 0.101. The second kappa shape index (κ2) is 9.75. The molecule has 1 unspecified atom stereocenters. The zero-order chi connectivity index (χ0) is 22.3. The molecule has 4 aromatic rings. The summed E-state index contributed by atoms with van der Waals surface area (Å²) in [5.41, 5.74) is 3.43. The van der Waals surface area contributed by atoms with Crippen LogP contribution in [-0.4, -0.2) is 21.6 Å². The Balaban J connectivity index is 1.61. The number of nitrogens with one attached hydrogen (secondary N) is 2. The van der Waals surface area contributed by atoms with Crippen LogP contribution in [0.4, 0.5) is 5.82 Å². The molecule has 1 atom stereocenters. The van der Waals surface area contributed by atoms with Crippen molar-refractivity contribution in [1.29, 1.82) is 0 Å². The number of benzene rings is 3. The van der Waals surface area contributed by atoms with Crippen molar-refractivity contribution in [3.8, 4) is 16.9 Å². The van der Waals surface area contributed by atoms with Gasteiger partial charge < -0.3 is 10.6 Å². The highest BCUT2D eigenvalue weighted by Gasteiger charge is 2.19. The van der Waals surface area contributed by atoms with Gasteiger partial charge in [0.05, 0.1) is 23.8 Å². The second-order valence-electron chi connectivity index (χ2n) is 7.44. The summed E-state index contributed by atoms with van der Waals surface area (Å²) in [5.74, 6) is 0.159. The predicted molar refractivity (Wildman–Crippen MR) is 125 cm³/mol. The van der Waals surface area contributed by atoms with E-state index in [2.05, 4.69) is 10.6 Å². The van der Waals surface area contributed by atoms with Gasteiger partial charge in [0, 0.05) is 18.6 Å². The van der Waals surface area contributed by atoms with Crippen molar-refractivity contribution in [1.82, 2.24) is 15.1 Å². The first kappa shape index (κ1) is 21.1. The zero-order valence-corrected chi connectivity index (χ0v) is 17.7. The minimum atomic E-state index is -0.421. The summed E-state index contributed by atoms with van der Waals surface area (Å²) < 4.78 is 1.72. The van der Waals surface area contributed by atoms with E-state index in [1.165, 1.54) is 6.92 Å². The van der Waals surface area contributed by atoms with E-state index in [-0.39, 0.29) is 18.2 Å². The van der Waals surface area contributed by atoms with Gasteiger partial charge in [0.15, 0.2) is 0 Å². The van der Waals surface area contributed by atoms with Crippen LogP contribution < -0.4 is 10.6 Å². The lowest BCUT2D eigenvalue weighted by molar-refractivity contribution is -0.120. The number of rotatable bonds is 7. The zero-order valence-electron chi connectivity index (χ0n) is 17.7. The molecule has 6 heteroatoms. The van der Waals surface area contributed by atoms with Gasteiger partial charge in [-0.1, -0.05) is 78.9 Å². The van der Waals surface area contributed by atoms with Crippen molar-refractivity contribution in [2.45, 2.75) is 19.4 Å². The number of carbonyl (C=O) groups is 2. The van der Waals surface area contributed by atoms with E-state index in [4.69, 9.17) is 5.10 Å².